The van der Waals surface area contributed by atoms with Crippen molar-refractivity contribution < 1.29 is 29.6 Å². The van der Waals surface area contributed by atoms with Crippen molar-refractivity contribution in [2.24, 2.45) is 0 Å². The van der Waals surface area contributed by atoms with Crippen LogP contribution >= 0.6 is 23.2 Å². The number of β-amino-alcohol motifs (C(OH)–C–C–N with tert-alkyl or cyclic N) is 1. The van der Waals surface area contributed by atoms with Crippen molar-refractivity contribution in [2.75, 3.05) is 26.2 Å². The number of carboxylic acids is 2. The molecule has 2 rings (SSSR count). The fraction of sp³-hybridized carbons (Fsp3) is 0.500. The first-order valence-electron chi connectivity index (χ1n) is 7.74. The van der Waals surface area contributed by atoms with E-state index in [1.54, 1.807) is 18.2 Å². The molecule has 3 N–H and O–H groups in total. The molecule has 1 unspecified atom stereocenters. The molecule has 140 valence electrons. The van der Waals surface area contributed by atoms with Gasteiger partial charge in [0, 0.05) is 17.6 Å². The predicted molar refractivity (Wildman–Crippen MR) is 93.5 cm³/mol. The van der Waals surface area contributed by atoms with Gasteiger partial charge in [0.25, 0.3) is 0 Å². The number of carboxylic acid groups (broad SMARTS) is 2. The first-order valence-corrected chi connectivity index (χ1v) is 8.49. The van der Waals surface area contributed by atoms with Crippen LogP contribution in [-0.4, -0.2) is 64.5 Å². The molecule has 1 atom stereocenters. The van der Waals surface area contributed by atoms with Crippen molar-refractivity contribution in [2.45, 2.75) is 25.4 Å². The second-order valence-electron chi connectivity index (χ2n) is 5.51. The number of ether oxygens (including phenoxy) is 1. The van der Waals surface area contributed by atoms with Gasteiger partial charge in [0.2, 0.25) is 0 Å². The quantitative estimate of drug-likeness (QED) is 0.658. The second-order valence-corrected chi connectivity index (χ2v) is 6.35. The summed E-state index contributed by atoms with van der Waals surface area (Å²) in [4.78, 5) is 20.5. The Hall–Kier alpha value is -1.54. The number of hydrogen-bond donors (Lipinski definition) is 3. The fourth-order valence-corrected chi connectivity index (χ4v) is 2.60. The van der Waals surface area contributed by atoms with Crippen LogP contribution in [0.4, 0.5) is 0 Å². The van der Waals surface area contributed by atoms with Crippen molar-refractivity contribution >= 4 is 35.1 Å². The van der Waals surface area contributed by atoms with Gasteiger partial charge in [0.1, 0.15) is 18.5 Å². The molecule has 0 radical (unpaired) electrons. The number of benzene rings is 1. The average molecular weight is 394 g/mol. The van der Waals surface area contributed by atoms with Gasteiger partial charge in [-0.15, -0.1) is 0 Å². The van der Waals surface area contributed by atoms with Gasteiger partial charge in [-0.2, -0.15) is 0 Å². The summed E-state index contributed by atoms with van der Waals surface area (Å²) in [6, 6.07) is 5.06. The molecular weight excluding hydrogens is 373 g/mol. The molecule has 1 aliphatic rings. The van der Waals surface area contributed by atoms with E-state index in [0.717, 1.165) is 13.1 Å². The van der Waals surface area contributed by atoms with E-state index in [-0.39, 0.29) is 6.61 Å². The number of halogens is 2. The third-order valence-corrected chi connectivity index (χ3v) is 3.97. The largest absolute Gasteiger partial charge is 0.489 e. The third-order valence-electron chi connectivity index (χ3n) is 3.43. The minimum Gasteiger partial charge on any atom is -0.489 e. The van der Waals surface area contributed by atoms with Crippen LogP contribution in [-0.2, 0) is 9.59 Å². The zero-order chi connectivity index (χ0) is 18.8. The molecule has 1 saturated heterocycles. The van der Waals surface area contributed by atoms with Gasteiger partial charge in [-0.1, -0.05) is 29.6 Å². The summed E-state index contributed by atoms with van der Waals surface area (Å²) < 4.78 is 5.53. The van der Waals surface area contributed by atoms with E-state index in [1.807, 2.05) is 0 Å². The zero-order valence-electron chi connectivity index (χ0n) is 13.5. The van der Waals surface area contributed by atoms with Gasteiger partial charge < -0.3 is 25.0 Å². The van der Waals surface area contributed by atoms with E-state index in [9.17, 15) is 5.11 Å². The molecule has 0 bridgehead atoms. The standard InChI is InChI=1S/C14H19Cl2NO2.C2H2O4/c15-11-4-5-13(16)14(8-11)19-10-12(18)9-17-6-2-1-3-7-17;3-1(4)2(5)6/h4-5,8,12,18H,1-3,6-7,9-10H2;(H,3,4)(H,5,6). The molecule has 9 heteroatoms. The molecule has 7 nitrogen and oxygen atoms in total. The Kier molecular flexibility index (Phi) is 9.59. The number of rotatable bonds is 5. The molecule has 1 aromatic rings. The van der Waals surface area contributed by atoms with E-state index < -0.39 is 18.0 Å². The lowest BCUT2D eigenvalue weighted by molar-refractivity contribution is -0.159. The van der Waals surface area contributed by atoms with Crippen molar-refractivity contribution in [3.8, 4) is 5.75 Å². The number of nitrogens with zero attached hydrogens (tertiary/aromatic N) is 1. The summed E-state index contributed by atoms with van der Waals surface area (Å²) >= 11 is 11.9. The van der Waals surface area contributed by atoms with E-state index in [4.69, 9.17) is 47.7 Å². The van der Waals surface area contributed by atoms with Crippen LogP contribution in [0.1, 0.15) is 19.3 Å². The van der Waals surface area contributed by atoms with Gasteiger partial charge in [0.05, 0.1) is 5.02 Å². The molecule has 0 amide bonds. The minimum absolute atomic E-state index is 0.233. The smallest absolute Gasteiger partial charge is 0.414 e. The molecule has 0 spiro atoms. The number of aliphatic carboxylic acids is 2. The number of likely N-dealkylation sites (tertiary alicyclic amines) is 1. The number of aliphatic hydroxyl groups is 1. The minimum atomic E-state index is -1.82. The molecular formula is C16H21Cl2NO6. The van der Waals surface area contributed by atoms with Gasteiger partial charge in [-0.25, -0.2) is 9.59 Å². The SMILES string of the molecule is O=C(O)C(=O)O.OC(COc1cc(Cl)ccc1Cl)CN1CCCCC1. The molecule has 1 aliphatic heterocycles. The maximum Gasteiger partial charge on any atom is 0.414 e. The topological polar surface area (TPSA) is 107 Å². The molecule has 0 aromatic heterocycles. The molecule has 0 aliphatic carbocycles. The van der Waals surface area contributed by atoms with Crippen molar-refractivity contribution in [1.82, 2.24) is 4.90 Å². The average Bonchev–Trinajstić information content (AvgIpc) is 2.57. The highest BCUT2D eigenvalue weighted by Gasteiger charge is 2.15. The normalized spacial score (nSPS) is 15.6. The van der Waals surface area contributed by atoms with Gasteiger partial charge in [0.15, 0.2) is 0 Å². The Labute approximate surface area is 155 Å². The van der Waals surface area contributed by atoms with Crippen LogP contribution in [0.3, 0.4) is 0 Å². The van der Waals surface area contributed by atoms with E-state index >= 15 is 0 Å². The van der Waals surface area contributed by atoms with Gasteiger partial charge in [-0.05, 0) is 38.1 Å². The van der Waals surface area contributed by atoms with Gasteiger partial charge in [-0.3, -0.25) is 0 Å². The summed E-state index contributed by atoms with van der Waals surface area (Å²) in [5.41, 5.74) is 0. The van der Waals surface area contributed by atoms with Crippen LogP contribution in [0.2, 0.25) is 10.0 Å². The maximum atomic E-state index is 9.98. The Balaban J connectivity index is 0.000000450. The third kappa shape index (κ3) is 8.92. The van der Waals surface area contributed by atoms with Crippen LogP contribution in [0.5, 0.6) is 5.75 Å². The Bertz CT molecular complexity index is 566. The Morgan fingerprint density at radius 3 is 2.28 bits per heavy atom. The summed E-state index contributed by atoms with van der Waals surface area (Å²) in [5.74, 6) is -3.13. The van der Waals surface area contributed by atoms with E-state index in [0.29, 0.717) is 22.3 Å². The monoisotopic (exact) mass is 393 g/mol. The van der Waals surface area contributed by atoms with Gasteiger partial charge >= 0.3 is 11.9 Å². The lowest BCUT2D eigenvalue weighted by Crippen LogP contribution is -2.38. The highest BCUT2D eigenvalue weighted by molar-refractivity contribution is 6.34. The molecule has 1 fully saturated rings. The first-order chi connectivity index (χ1) is 11.8. The highest BCUT2D eigenvalue weighted by atomic mass is 35.5. The molecule has 25 heavy (non-hydrogen) atoms. The Morgan fingerprint density at radius 2 is 1.72 bits per heavy atom. The summed E-state index contributed by atoms with van der Waals surface area (Å²) in [7, 11) is 0. The predicted octanol–water partition coefficient (Wildman–Crippen LogP) is 2.37. The van der Waals surface area contributed by atoms with Crippen molar-refractivity contribution in [3.63, 3.8) is 0 Å². The summed E-state index contributed by atoms with van der Waals surface area (Å²) in [6.45, 7) is 3.01. The van der Waals surface area contributed by atoms with Crippen molar-refractivity contribution in [3.05, 3.63) is 28.2 Å². The lowest BCUT2D eigenvalue weighted by Gasteiger charge is -2.28. The fourth-order valence-electron chi connectivity index (χ4n) is 2.27. The van der Waals surface area contributed by atoms with Crippen LogP contribution in [0, 0.1) is 0 Å². The van der Waals surface area contributed by atoms with Crippen LogP contribution in [0.15, 0.2) is 18.2 Å². The Morgan fingerprint density at radius 1 is 1.12 bits per heavy atom. The van der Waals surface area contributed by atoms with E-state index in [1.165, 1.54) is 19.3 Å². The highest BCUT2D eigenvalue weighted by Crippen LogP contribution is 2.27. The summed E-state index contributed by atoms with van der Waals surface area (Å²) in [6.07, 6.45) is 3.22. The summed E-state index contributed by atoms with van der Waals surface area (Å²) in [5, 5.41) is 25.8. The number of aliphatic hydroxyl groups excluding tert-OH is 1. The van der Waals surface area contributed by atoms with E-state index in [2.05, 4.69) is 4.90 Å². The number of carbonyl (C=O) groups is 2. The molecule has 1 aromatic carbocycles. The molecule has 0 saturated carbocycles. The number of piperidine rings is 1. The lowest BCUT2D eigenvalue weighted by atomic mass is 10.1. The second kappa shape index (κ2) is 11.1. The van der Waals surface area contributed by atoms with Crippen LogP contribution in [0.25, 0.3) is 0 Å². The maximum absolute atomic E-state index is 9.98. The van der Waals surface area contributed by atoms with Crippen LogP contribution < -0.4 is 4.74 Å². The van der Waals surface area contributed by atoms with Crippen molar-refractivity contribution in [1.29, 1.82) is 0 Å². The zero-order valence-corrected chi connectivity index (χ0v) is 15.0. The number of hydrogen-bond acceptors (Lipinski definition) is 5. The molecule has 1 heterocycles. The first kappa shape index (κ1) is 21.5.